The summed E-state index contributed by atoms with van der Waals surface area (Å²) in [4.78, 5) is 20.3. The first-order valence-electron chi connectivity index (χ1n) is 8.03. The Balaban J connectivity index is 1.56. The summed E-state index contributed by atoms with van der Waals surface area (Å²) in [6.45, 7) is 2.03. The Labute approximate surface area is 141 Å². The van der Waals surface area contributed by atoms with Crippen LogP contribution in [0.25, 0.3) is 0 Å². The van der Waals surface area contributed by atoms with E-state index in [0.717, 1.165) is 6.42 Å². The number of hydrogen-bond donors (Lipinski definition) is 1. The SMILES string of the molecule is C[C@@H](NC(=O)CSc1ncccn1)c1ccc2c(c1)CCCC2. The van der Waals surface area contributed by atoms with Crippen LogP contribution in [0.5, 0.6) is 0 Å². The van der Waals surface area contributed by atoms with E-state index in [0.29, 0.717) is 10.9 Å². The molecular formula is C18H21N3OS. The van der Waals surface area contributed by atoms with Gasteiger partial charge in [-0.15, -0.1) is 0 Å². The molecule has 23 heavy (non-hydrogen) atoms. The lowest BCUT2D eigenvalue weighted by atomic mass is 9.89. The van der Waals surface area contributed by atoms with Crippen LogP contribution < -0.4 is 5.32 Å². The Bertz CT molecular complexity index is 675. The summed E-state index contributed by atoms with van der Waals surface area (Å²) in [6, 6.07) is 8.41. The van der Waals surface area contributed by atoms with Gasteiger partial charge in [0.25, 0.3) is 0 Å². The van der Waals surface area contributed by atoms with Gasteiger partial charge >= 0.3 is 0 Å². The highest BCUT2D eigenvalue weighted by Gasteiger charge is 2.14. The summed E-state index contributed by atoms with van der Waals surface area (Å²) in [5.41, 5.74) is 4.09. The van der Waals surface area contributed by atoms with Gasteiger partial charge in [-0.2, -0.15) is 0 Å². The maximum Gasteiger partial charge on any atom is 0.230 e. The van der Waals surface area contributed by atoms with E-state index in [2.05, 4.69) is 33.5 Å². The van der Waals surface area contributed by atoms with Gasteiger partial charge in [0.15, 0.2) is 5.16 Å². The number of aryl methyl sites for hydroxylation is 2. The average Bonchev–Trinajstić information content (AvgIpc) is 2.60. The molecule has 0 radical (unpaired) electrons. The lowest BCUT2D eigenvalue weighted by Crippen LogP contribution is -2.28. The van der Waals surface area contributed by atoms with Crippen molar-refractivity contribution < 1.29 is 4.79 Å². The predicted molar refractivity (Wildman–Crippen MR) is 92.4 cm³/mol. The first-order valence-corrected chi connectivity index (χ1v) is 9.02. The van der Waals surface area contributed by atoms with Gasteiger partial charge in [0.1, 0.15) is 0 Å². The van der Waals surface area contributed by atoms with Crippen LogP contribution in [0.4, 0.5) is 0 Å². The number of amides is 1. The standard InChI is InChI=1S/C18H21N3OS/c1-13(15-8-7-14-5-2-3-6-16(14)11-15)21-17(22)12-23-18-19-9-4-10-20-18/h4,7-11,13H,2-3,5-6,12H2,1H3,(H,21,22)/t13-/m1/s1. The van der Waals surface area contributed by atoms with E-state index >= 15 is 0 Å². The van der Waals surface area contributed by atoms with Gasteiger partial charge in [-0.25, -0.2) is 9.97 Å². The molecule has 4 nitrogen and oxygen atoms in total. The van der Waals surface area contributed by atoms with E-state index < -0.39 is 0 Å². The molecule has 1 aromatic carbocycles. The summed E-state index contributed by atoms with van der Waals surface area (Å²) < 4.78 is 0. The fourth-order valence-electron chi connectivity index (χ4n) is 2.88. The Kier molecular flexibility index (Phi) is 5.28. The fraction of sp³-hybridized carbons (Fsp3) is 0.389. The van der Waals surface area contributed by atoms with Crippen LogP contribution in [0, 0.1) is 0 Å². The second-order valence-corrected chi connectivity index (χ2v) is 6.79. The number of hydrogen-bond acceptors (Lipinski definition) is 4. The largest absolute Gasteiger partial charge is 0.349 e. The van der Waals surface area contributed by atoms with Gasteiger partial charge in [0.2, 0.25) is 5.91 Å². The molecule has 0 aliphatic heterocycles. The molecule has 1 aliphatic carbocycles. The maximum absolute atomic E-state index is 12.1. The minimum Gasteiger partial charge on any atom is -0.349 e. The second-order valence-electron chi connectivity index (χ2n) is 5.84. The normalized spacial score (nSPS) is 14.8. The van der Waals surface area contributed by atoms with Crippen LogP contribution in [0.2, 0.25) is 0 Å². The molecule has 0 saturated carbocycles. The number of carbonyl (C=O) groups is 1. The van der Waals surface area contributed by atoms with Crippen molar-refractivity contribution in [1.82, 2.24) is 15.3 Å². The zero-order valence-corrected chi connectivity index (χ0v) is 14.1. The van der Waals surface area contributed by atoms with E-state index in [1.807, 2.05) is 6.92 Å². The van der Waals surface area contributed by atoms with Crippen molar-refractivity contribution in [2.75, 3.05) is 5.75 Å². The molecule has 1 N–H and O–H groups in total. The van der Waals surface area contributed by atoms with Gasteiger partial charge in [0, 0.05) is 12.4 Å². The highest BCUT2D eigenvalue weighted by atomic mass is 32.2. The summed E-state index contributed by atoms with van der Waals surface area (Å²) in [7, 11) is 0. The van der Waals surface area contributed by atoms with E-state index in [-0.39, 0.29) is 11.9 Å². The Hall–Kier alpha value is -1.88. The number of fused-ring (bicyclic) bond motifs is 1. The van der Waals surface area contributed by atoms with E-state index in [1.54, 1.807) is 18.5 Å². The van der Waals surface area contributed by atoms with E-state index in [9.17, 15) is 4.79 Å². The third kappa shape index (κ3) is 4.32. The van der Waals surface area contributed by atoms with Crippen molar-refractivity contribution in [3.63, 3.8) is 0 Å². The molecule has 1 heterocycles. The molecule has 1 aliphatic rings. The van der Waals surface area contributed by atoms with Gasteiger partial charge in [-0.1, -0.05) is 30.0 Å². The monoisotopic (exact) mass is 327 g/mol. The van der Waals surface area contributed by atoms with Gasteiger partial charge in [-0.3, -0.25) is 4.79 Å². The third-order valence-electron chi connectivity index (χ3n) is 4.12. The lowest BCUT2D eigenvalue weighted by Gasteiger charge is -2.20. The third-order valence-corrected chi connectivity index (χ3v) is 5.00. The minimum atomic E-state index is 0.00711. The van der Waals surface area contributed by atoms with Crippen molar-refractivity contribution >= 4 is 17.7 Å². The Morgan fingerprint density at radius 2 is 1.96 bits per heavy atom. The molecular weight excluding hydrogens is 306 g/mol. The quantitative estimate of drug-likeness (QED) is 0.676. The van der Waals surface area contributed by atoms with Crippen molar-refractivity contribution in [2.24, 2.45) is 0 Å². The van der Waals surface area contributed by atoms with Gasteiger partial charge < -0.3 is 5.32 Å². The molecule has 3 rings (SSSR count). The summed E-state index contributed by atoms with van der Waals surface area (Å²) in [6.07, 6.45) is 8.27. The highest BCUT2D eigenvalue weighted by Crippen LogP contribution is 2.24. The zero-order chi connectivity index (χ0) is 16.1. The molecule has 0 fully saturated rings. The molecule has 0 saturated heterocycles. The van der Waals surface area contributed by atoms with Gasteiger partial charge in [-0.05, 0) is 55.4 Å². The van der Waals surface area contributed by atoms with Crippen LogP contribution in [0.1, 0.15) is 42.5 Å². The summed E-state index contributed by atoms with van der Waals surface area (Å²) in [5, 5.41) is 3.69. The second kappa shape index (κ2) is 7.59. The molecule has 1 aromatic heterocycles. The van der Waals surface area contributed by atoms with Crippen LogP contribution in [-0.2, 0) is 17.6 Å². The summed E-state index contributed by atoms with van der Waals surface area (Å²) in [5.74, 6) is 0.340. The molecule has 120 valence electrons. The summed E-state index contributed by atoms with van der Waals surface area (Å²) >= 11 is 1.35. The van der Waals surface area contributed by atoms with Crippen LogP contribution >= 0.6 is 11.8 Å². The number of nitrogens with zero attached hydrogens (tertiary/aromatic N) is 2. The van der Waals surface area contributed by atoms with Crippen LogP contribution in [0.3, 0.4) is 0 Å². The number of rotatable bonds is 5. The first kappa shape index (κ1) is 16.0. The van der Waals surface area contributed by atoms with Crippen molar-refractivity contribution in [1.29, 1.82) is 0 Å². The van der Waals surface area contributed by atoms with Gasteiger partial charge in [0.05, 0.1) is 11.8 Å². The molecule has 0 bridgehead atoms. The average molecular weight is 327 g/mol. The molecule has 0 spiro atoms. The Morgan fingerprint density at radius 3 is 2.74 bits per heavy atom. The minimum absolute atomic E-state index is 0.00711. The van der Waals surface area contributed by atoms with Crippen LogP contribution in [-0.4, -0.2) is 21.6 Å². The number of nitrogens with one attached hydrogen (secondary N) is 1. The molecule has 1 amide bonds. The lowest BCUT2D eigenvalue weighted by molar-refractivity contribution is -0.119. The number of carbonyl (C=O) groups excluding carboxylic acids is 1. The topological polar surface area (TPSA) is 54.9 Å². The van der Waals surface area contributed by atoms with Crippen molar-refractivity contribution in [2.45, 2.75) is 43.8 Å². The number of benzene rings is 1. The maximum atomic E-state index is 12.1. The van der Waals surface area contributed by atoms with Crippen molar-refractivity contribution in [3.8, 4) is 0 Å². The molecule has 0 unspecified atom stereocenters. The van der Waals surface area contributed by atoms with E-state index in [4.69, 9.17) is 0 Å². The zero-order valence-electron chi connectivity index (χ0n) is 13.3. The fourth-order valence-corrected chi connectivity index (χ4v) is 3.49. The number of aromatic nitrogens is 2. The van der Waals surface area contributed by atoms with Crippen molar-refractivity contribution in [3.05, 3.63) is 53.3 Å². The highest BCUT2D eigenvalue weighted by molar-refractivity contribution is 7.99. The molecule has 5 heteroatoms. The smallest absolute Gasteiger partial charge is 0.230 e. The van der Waals surface area contributed by atoms with Crippen LogP contribution in [0.15, 0.2) is 41.8 Å². The predicted octanol–water partition coefficient (Wildman–Crippen LogP) is 3.32. The molecule has 1 atom stereocenters. The molecule has 2 aromatic rings. The Morgan fingerprint density at radius 1 is 1.22 bits per heavy atom. The first-order chi connectivity index (χ1) is 11.2. The number of thioether (sulfide) groups is 1. The van der Waals surface area contributed by atoms with E-state index in [1.165, 1.54) is 47.7 Å².